The number of hydrogen-bond acceptors (Lipinski definition) is 2. The molecule has 104 valence electrons. The summed E-state index contributed by atoms with van der Waals surface area (Å²) in [4.78, 5) is 14.0. The Kier molecular flexibility index (Phi) is 4.83. The SMILES string of the molecule is CCc1cccc(OCC(=O)N2CCCC(C)C2)c1. The summed E-state index contributed by atoms with van der Waals surface area (Å²) in [5, 5.41) is 0. The lowest BCUT2D eigenvalue weighted by Gasteiger charge is -2.30. The second-order valence-electron chi connectivity index (χ2n) is 5.38. The first-order chi connectivity index (χ1) is 9.19. The van der Waals surface area contributed by atoms with Crippen molar-refractivity contribution >= 4 is 5.91 Å². The van der Waals surface area contributed by atoms with Gasteiger partial charge in [0.15, 0.2) is 6.61 Å². The molecule has 0 N–H and O–H groups in total. The number of amides is 1. The summed E-state index contributed by atoms with van der Waals surface area (Å²) in [7, 11) is 0. The number of piperidine rings is 1. The van der Waals surface area contributed by atoms with E-state index in [1.165, 1.54) is 12.0 Å². The molecule has 3 heteroatoms. The Bertz CT molecular complexity index is 431. The molecule has 1 amide bonds. The summed E-state index contributed by atoms with van der Waals surface area (Å²) in [6.45, 7) is 6.21. The summed E-state index contributed by atoms with van der Waals surface area (Å²) in [6, 6.07) is 7.96. The maximum absolute atomic E-state index is 12.1. The van der Waals surface area contributed by atoms with Crippen LogP contribution in [0.2, 0.25) is 0 Å². The summed E-state index contributed by atoms with van der Waals surface area (Å²) < 4.78 is 5.61. The molecule has 0 aromatic heterocycles. The highest BCUT2D eigenvalue weighted by atomic mass is 16.5. The number of aryl methyl sites for hydroxylation is 1. The van der Waals surface area contributed by atoms with Gasteiger partial charge in [0.05, 0.1) is 0 Å². The van der Waals surface area contributed by atoms with E-state index in [0.29, 0.717) is 5.92 Å². The van der Waals surface area contributed by atoms with Crippen LogP contribution < -0.4 is 4.74 Å². The fraction of sp³-hybridized carbons (Fsp3) is 0.562. The number of rotatable bonds is 4. The molecule has 0 spiro atoms. The number of benzene rings is 1. The highest BCUT2D eigenvalue weighted by molar-refractivity contribution is 5.77. The van der Waals surface area contributed by atoms with E-state index in [1.54, 1.807) is 0 Å². The van der Waals surface area contributed by atoms with Crippen molar-refractivity contribution in [3.63, 3.8) is 0 Å². The van der Waals surface area contributed by atoms with Crippen molar-refractivity contribution in [2.75, 3.05) is 19.7 Å². The van der Waals surface area contributed by atoms with Gasteiger partial charge in [0.2, 0.25) is 0 Å². The number of likely N-dealkylation sites (tertiary alicyclic amines) is 1. The Hall–Kier alpha value is -1.51. The molecule has 1 fully saturated rings. The molecule has 1 unspecified atom stereocenters. The lowest BCUT2D eigenvalue weighted by atomic mass is 10.0. The van der Waals surface area contributed by atoms with Crippen molar-refractivity contribution in [3.8, 4) is 5.75 Å². The van der Waals surface area contributed by atoms with E-state index in [1.807, 2.05) is 23.1 Å². The minimum atomic E-state index is 0.105. The van der Waals surface area contributed by atoms with E-state index in [4.69, 9.17) is 4.74 Å². The molecular formula is C16H23NO2. The van der Waals surface area contributed by atoms with Gasteiger partial charge in [-0.3, -0.25) is 4.79 Å². The maximum Gasteiger partial charge on any atom is 0.260 e. The van der Waals surface area contributed by atoms with Gasteiger partial charge in [-0.25, -0.2) is 0 Å². The zero-order valence-corrected chi connectivity index (χ0v) is 11.9. The van der Waals surface area contributed by atoms with Crippen molar-refractivity contribution in [1.82, 2.24) is 4.90 Å². The van der Waals surface area contributed by atoms with Crippen LogP contribution in [-0.2, 0) is 11.2 Å². The van der Waals surface area contributed by atoms with Crippen molar-refractivity contribution in [3.05, 3.63) is 29.8 Å². The number of hydrogen-bond donors (Lipinski definition) is 0. The zero-order chi connectivity index (χ0) is 13.7. The number of carbonyl (C=O) groups is 1. The monoisotopic (exact) mass is 261 g/mol. The standard InChI is InChI=1S/C16H23NO2/c1-3-14-7-4-8-15(10-14)19-12-16(18)17-9-5-6-13(2)11-17/h4,7-8,10,13H,3,5-6,9,11-12H2,1-2H3. The molecular weight excluding hydrogens is 238 g/mol. The minimum Gasteiger partial charge on any atom is -0.484 e. The molecule has 0 aliphatic carbocycles. The summed E-state index contributed by atoms with van der Waals surface area (Å²) in [5.41, 5.74) is 1.23. The third-order valence-electron chi connectivity index (χ3n) is 3.68. The fourth-order valence-electron chi connectivity index (χ4n) is 2.51. The molecule has 1 aliphatic heterocycles. The molecule has 1 saturated heterocycles. The predicted molar refractivity (Wildman–Crippen MR) is 76.3 cm³/mol. The predicted octanol–water partition coefficient (Wildman–Crippen LogP) is 2.89. The molecule has 1 atom stereocenters. The van der Waals surface area contributed by atoms with Gasteiger partial charge in [0.25, 0.3) is 5.91 Å². The van der Waals surface area contributed by atoms with Gasteiger partial charge in [-0.05, 0) is 42.9 Å². The summed E-state index contributed by atoms with van der Waals surface area (Å²) >= 11 is 0. The van der Waals surface area contributed by atoms with Crippen LogP contribution in [-0.4, -0.2) is 30.5 Å². The van der Waals surface area contributed by atoms with E-state index < -0.39 is 0 Å². The van der Waals surface area contributed by atoms with Crippen LogP contribution >= 0.6 is 0 Å². The first-order valence-electron chi connectivity index (χ1n) is 7.18. The normalized spacial score (nSPS) is 19.3. The van der Waals surface area contributed by atoms with Gasteiger partial charge in [-0.15, -0.1) is 0 Å². The second kappa shape index (κ2) is 6.60. The molecule has 0 bridgehead atoms. The first-order valence-corrected chi connectivity index (χ1v) is 7.18. The maximum atomic E-state index is 12.1. The van der Waals surface area contributed by atoms with Gasteiger partial charge in [-0.1, -0.05) is 26.0 Å². The third kappa shape index (κ3) is 3.98. The van der Waals surface area contributed by atoms with Crippen molar-refractivity contribution in [1.29, 1.82) is 0 Å². The Labute approximate surface area is 115 Å². The fourth-order valence-corrected chi connectivity index (χ4v) is 2.51. The van der Waals surface area contributed by atoms with E-state index in [0.717, 1.165) is 31.7 Å². The van der Waals surface area contributed by atoms with Crippen molar-refractivity contribution in [2.24, 2.45) is 5.92 Å². The lowest BCUT2D eigenvalue weighted by molar-refractivity contribution is -0.135. The Balaban J connectivity index is 1.85. The van der Waals surface area contributed by atoms with Crippen LogP contribution in [0, 0.1) is 5.92 Å². The molecule has 1 aliphatic rings. The number of ether oxygens (including phenoxy) is 1. The molecule has 2 rings (SSSR count). The molecule has 0 saturated carbocycles. The van der Waals surface area contributed by atoms with Crippen LogP contribution in [0.3, 0.4) is 0 Å². The van der Waals surface area contributed by atoms with Gasteiger partial charge in [-0.2, -0.15) is 0 Å². The first kappa shape index (κ1) is 13.9. The Morgan fingerprint density at radius 3 is 3.05 bits per heavy atom. The van der Waals surface area contributed by atoms with E-state index in [-0.39, 0.29) is 12.5 Å². The molecule has 19 heavy (non-hydrogen) atoms. The van der Waals surface area contributed by atoms with E-state index >= 15 is 0 Å². The van der Waals surface area contributed by atoms with Crippen LogP contribution in [0.15, 0.2) is 24.3 Å². The van der Waals surface area contributed by atoms with E-state index in [9.17, 15) is 4.79 Å². The summed E-state index contributed by atoms with van der Waals surface area (Å²) in [5.74, 6) is 1.51. The minimum absolute atomic E-state index is 0.105. The largest absolute Gasteiger partial charge is 0.484 e. The van der Waals surface area contributed by atoms with Gasteiger partial charge >= 0.3 is 0 Å². The van der Waals surface area contributed by atoms with Crippen LogP contribution in [0.4, 0.5) is 0 Å². The van der Waals surface area contributed by atoms with Crippen LogP contribution in [0.5, 0.6) is 5.75 Å². The Morgan fingerprint density at radius 1 is 1.47 bits per heavy atom. The molecule has 0 radical (unpaired) electrons. The second-order valence-corrected chi connectivity index (χ2v) is 5.38. The van der Waals surface area contributed by atoms with Gasteiger partial charge < -0.3 is 9.64 Å². The van der Waals surface area contributed by atoms with Crippen LogP contribution in [0.1, 0.15) is 32.3 Å². The average molecular weight is 261 g/mol. The highest BCUT2D eigenvalue weighted by Crippen LogP contribution is 2.17. The van der Waals surface area contributed by atoms with Crippen molar-refractivity contribution < 1.29 is 9.53 Å². The molecule has 1 aromatic rings. The zero-order valence-electron chi connectivity index (χ0n) is 11.9. The lowest BCUT2D eigenvalue weighted by Crippen LogP contribution is -2.41. The third-order valence-corrected chi connectivity index (χ3v) is 3.68. The molecule has 1 aromatic carbocycles. The average Bonchev–Trinajstić information content (AvgIpc) is 2.45. The highest BCUT2D eigenvalue weighted by Gasteiger charge is 2.20. The van der Waals surface area contributed by atoms with Crippen molar-refractivity contribution in [2.45, 2.75) is 33.1 Å². The van der Waals surface area contributed by atoms with E-state index in [2.05, 4.69) is 19.9 Å². The topological polar surface area (TPSA) is 29.5 Å². The number of carbonyl (C=O) groups excluding carboxylic acids is 1. The van der Waals surface area contributed by atoms with Crippen LogP contribution in [0.25, 0.3) is 0 Å². The quantitative estimate of drug-likeness (QED) is 0.834. The van der Waals surface area contributed by atoms with Gasteiger partial charge in [0, 0.05) is 13.1 Å². The Morgan fingerprint density at radius 2 is 2.32 bits per heavy atom. The molecule has 3 nitrogen and oxygen atoms in total. The molecule has 1 heterocycles. The smallest absolute Gasteiger partial charge is 0.260 e. The van der Waals surface area contributed by atoms with Gasteiger partial charge in [0.1, 0.15) is 5.75 Å². The summed E-state index contributed by atoms with van der Waals surface area (Å²) in [6.07, 6.45) is 3.32. The number of nitrogens with zero attached hydrogens (tertiary/aromatic N) is 1.